The lowest BCUT2D eigenvalue weighted by atomic mass is 10.0. The van der Waals surface area contributed by atoms with E-state index >= 15 is 0 Å². The molecule has 2 fully saturated rings. The number of hydrogen-bond donors (Lipinski definition) is 4. The number of methoxy groups -OCH3 is 1. The smallest absolute Gasteiger partial charge is 0.220 e. The molecule has 0 aromatic carbocycles. The van der Waals surface area contributed by atoms with Gasteiger partial charge in [0.25, 0.3) is 0 Å². The number of hydrogen-bond acceptors (Lipinski definition) is 6. The third-order valence-corrected chi connectivity index (χ3v) is 5.33. The van der Waals surface area contributed by atoms with Crippen molar-refractivity contribution in [1.82, 2.24) is 16.0 Å². The highest BCUT2D eigenvalue weighted by Crippen LogP contribution is 2.33. The van der Waals surface area contributed by atoms with Gasteiger partial charge in [-0.3, -0.25) is 15.4 Å². The Bertz CT molecular complexity index is 319. The van der Waals surface area contributed by atoms with Crippen molar-refractivity contribution in [3.05, 3.63) is 0 Å². The molecule has 7 heteroatoms. The number of fused-ring (bicyclic) bond motifs is 1. The zero-order valence-electron chi connectivity index (χ0n) is 11.9. The van der Waals surface area contributed by atoms with E-state index in [9.17, 15) is 9.90 Å². The minimum Gasteiger partial charge on any atom is -0.383 e. The molecule has 3 unspecified atom stereocenters. The van der Waals surface area contributed by atoms with Gasteiger partial charge in [0, 0.05) is 43.2 Å². The zero-order chi connectivity index (χ0) is 14.4. The molecule has 2 aliphatic heterocycles. The Hall–Kier alpha value is -0.340. The summed E-state index contributed by atoms with van der Waals surface area (Å²) in [4.78, 5) is 11.5. The van der Waals surface area contributed by atoms with Crippen molar-refractivity contribution >= 4 is 17.7 Å². The number of unbranched alkanes of at least 4 members (excludes halogenated alkanes) is 1. The van der Waals surface area contributed by atoms with Gasteiger partial charge in [-0.15, -0.1) is 0 Å². The second-order valence-electron chi connectivity index (χ2n) is 5.33. The minimum absolute atomic E-state index is 0.107. The van der Waals surface area contributed by atoms with Crippen LogP contribution in [0.3, 0.4) is 0 Å². The molecule has 4 N–H and O–H groups in total. The third kappa shape index (κ3) is 4.60. The largest absolute Gasteiger partial charge is 0.383 e. The maximum absolute atomic E-state index is 11.5. The summed E-state index contributed by atoms with van der Waals surface area (Å²) in [6.45, 7) is 1.15. The van der Waals surface area contributed by atoms with Crippen LogP contribution in [0.15, 0.2) is 0 Å². The second-order valence-corrected chi connectivity index (χ2v) is 6.60. The highest BCUT2D eigenvalue weighted by molar-refractivity contribution is 8.00. The molecule has 2 aliphatic rings. The van der Waals surface area contributed by atoms with Gasteiger partial charge < -0.3 is 15.2 Å². The average molecular weight is 303 g/mol. The van der Waals surface area contributed by atoms with Crippen LogP contribution >= 0.6 is 11.8 Å². The Morgan fingerprint density at radius 2 is 2.30 bits per heavy atom. The zero-order valence-corrected chi connectivity index (χ0v) is 12.7. The molecule has 2 saturated heterocycles. The molecule has 0 aromatic rings. The average Bonchev–Trinajstić information content (AvgIpc) is 2.95. The summed E-state index contributed by atoms with van der Waals surface area (Å²) in [5.74, 6) is 1.16. The van der Waals surface area contributed by atoms with Crippen molar-refractivity contribution in [2.24, 2.45) is 0 Å². The van der Waals surface area contributed by atoms with Gasteiger partial charge in [0.2, 0.25) is 5.91 Å². The molecule has 1 amide bonds. The first-order valence-corrected chi connectivity index (χ1v) is 8.33. The van der Waals surface area contributed by atoms with Crippen LogP contribution < -0.4 is 16.0 Å². The third-order valence-electron chi connectivity index (χ3n) is 3.82. The molecule has 0 aromatic heterocycles. The summed E-state index contributed by atoms with van der Waals surface area (Å²) in [6, 6.07) is 0.753. The standard InChI is InChI=1S/C13H25N3O3S/c1-19-7-6-14-11(17)5-3-2-4-10-12-9(8-20-10)15-13(18)16-12/h9-10,12-13,15-16,18H,2-8H2,1H3,(H,14,17)/t9-,10?,12?,13?/m0/s1. The van der Waals surface area contributed by atoms with Crippen molar-refractivity contribution in [3.63, 3.8) is 0 Å². The number of rotatable bonds is 8. The van der Waals surface area contributed by atoms with Gasteiger partial charge in [0.1, 0.15) is 0 Å². The molecular formula is C13H25N3O3S. The molecular weight excluding hydrogens is 278 g/mol. The topological polar surface area (TPSA) is 82.6 Å². The highest BCUT2D eigenvalue weighted by Gasteiger charge is 2.42. The van der Waals surface area contributed by atoms with Crippen LogP contribution in [-0.4, -0.2) is 60.7 Å². The lowest BCUT2D eigenvalue weighted by Crippen LogP contribution is -2.38. The number of ether oxygens (including phenoxy) is 1. The second kappa shape index (κ2) is 8.19. The molecule has 2 rings (SSSR count). The van der Waals surface area contributed by atoms with E-state index in [1.807, 2.05) is 11.8 Å². The predicted octanol–water partition coefficient (Wildman–Crippen LogP) is -0.369. The van der Waals surface area contributed by atoms with Crippen LogP contribution in [0, 0.1) is 0 Å². The molecule has 0 bridgehead atoms. The lowest BCUT2D eigenvalue weighted by molar-refractivity contribution is -0.121. The Balaban J connectivity index is 1.54. The van der Waals surface area contributed by atoms with Crippen LogP contribution in [0.5, 0.6) is 0 Å². The molecule has 20 heavy (non-hydrogen) atoms. The number of nitrogens with one attached hydrogen (secondary N) is 3. The SMILES string of the molecule is COCCNC(=O)CCCCC1SC[C@@H]2NC(O)NC12. The summed E-state index contributed by atoms with van der Waals surface area (Å²) in [6.07, 6.45) is 3.10. The molecule has 0 aliphatic carbocycles. The van der Waals surface area contributed by atoms with E-state index in [0.29, 0.717) is 36.9 Å². The lowest BCUT2D eigenvalue weighted by Gasteiger charge is -2.17. The fourth-order valence-corrected chi connectivity index (χ4v) is 4.34. The van der Waals surface area contributed by atoms with Crippen LogP contribution in [-0.2, 0) is 9.53 Å². The first-order valence-electron chi connectivity index (χ1n) is 7.28. The number of thioether (sulfide) groups is 1. The maximum Gasteiger partial charge on any atom is 0.220 e. The number of carbonyl (C=O) groups excluding carboxylic acids is 1. The molecule has 0 radical (unpaired) electrons. The van der Waals surface area contributed by atoms with Crippen molar-refractivity contribution in [3.8, 4) is 0 Å². The van der Waals surface area contributed by atoms with E-state index in [1.54, 1.807) is 7.11 Å². The predicted molar refractivity (Wildman–Crippen MR) is 79.5 cm³/mol. The Labute approximate surface area is 124 Å². The maximum atomic E-state index is 11.5. The first-order chi connectivity index (χ1) is 9.70. The van der Waals surface area contributed by atoms with Crippen molar-refractivity contribution in [2.75, 3.05) is 26.0 Å². The van der Waals surface area contributed by atoms with E-state index < -0.39 is 6.35 Å². The Kier molecular flexibility index (Phi) is 6.57. The van der Waals surface area contributed by atoms with Crippen molar-refractivity contribution in [1.29, 1.82) is 0 Å². The van der Waals surface area contributed by atoms with E-state index in [0.717, 1.165) is 25.0 Å². The summed E-state index contributed by atoms with van der Waals surface area (Å²) in [5.41, 5.74) is 0. The van der Waals surface area contributed by atoms with Gasteiger partial charge in [-0.1, -0.05) is 6.42 Å². The number of carbonyl (C=O) groups is 1. The van der Waals surface area contributed by atoms with Gasteiger partial charge in [0.15, 0.2) is 6.35 Å². The van der Waals surface area contributed by atoms with Crippen LogP contribution in [0.2, 0.25) is 0 Å². The monoisotopic (exact) mass is 303 g/mol. The molecule has 0 saturated carbocycles. The fourth-order valence-electron chi connectivity index (χ4n) is 2.78. The molecule has 0 spiro atoms. The highest BCUT2D eigenvalue weighted by atomic mass is 32.2. The van der Waals surface area contributed by atoms with Crippen molar-refractivity contribution in [2.45, 2.75) is 49.4 Å². The summed E-state index contributed by atoms with van der Waals surface area (Å²) in [5, 5.41) is 19.2. The van der Waals surface area contributed by atoms with Crippen molar-refractivity contribution < 1.29 is 14.6 Å². The number of amides is 1. The Morgan fingerprint density at radius 3 is 3.10 bits per heavy atom. The van der Waals surface area contributed by atoms with Gasteiger partial charge in [0.05, 0.1) is 6.61 Å². The van der Waals surface area contributed by atoms with Gasteiger partial charge in [-0.05, 0) is 12.8 Å². The normalized spacial score (nSPS) is 32.3. The van der Waals surface area contributed by atoms with E-state index in [4.69, 9.17) is 4.74 Å². The summed E-state index contributed by atoms with van der Waals surface area (Å²) >= 11 is 1.96. The first kappa shape index (κ1) is 16.0. The molecule has 6 nitrogen and oxygen atoms in total. The van der Waals surface area contributed by atoms with Gasteiger partial charge in [-0.25, -0.2) is 0 Å². The van der Waals surface area contributed by atoms with Gasteiger partial charge in [-0.2, -0.15) is 11.8 Å². The van der Waals surface area contributed by atoms with E-state index in [-0.39, 0.29) is 5.91 Å². The molecule has 4 atom stereocenters. The van der Waals surface area contributed by atoms with E-state index in [1.165, 1.54) is 0 Å². The van der Waals surface area contributed by atoms with Crippen LogP contribution in [0.1, 0.15) is 25.7 Å². The quantitative estimate of drug-likeness (QED) is 0.458. The van der Waals surface area contributed by atoms with E-state index in [2.05, 4.69) is 16.0 Å². The minimum atomic E-state index is -0.556. The number of aliphatic hydroxyl groups is 1. The summed E-state index contributed by atoms with van der Waals surface area (Å²) in [7, 11) is 1.63. The fraction of sp³-hybridized carbons (Fsp3) is 0.923. The Morgan fingerprint density at radius 1 is 1.45 bits per heavy atom. The van der Waals surface area contributed by atoms with Crippen LogP contribution in [0.4, 0.5) is 0 Å². The number of aliphatic hydroxyl groups excluding tert-OH is 1. The molecule has 116 valence electrons. The van der Waals surface area contributed by atoms with Gasteiger partial charge >= 0.3 is 0 Å². The van der Waals surface area contributed by atoms with Crippen LogP contribution in [0.25, 0.3) is 0 Å². The molecule has 2 heterocycles. The summed E-state index contributed by atoms with van der Waals surface area (Å²) < 4.78 is 4.88.